The quantitative estimate of drug-likeness (QED) is 0.804. The Hall–Kier alpha value is -1.27. The molecule has 3 atom stereocenters. The van der Waals surface area contributed by atoms with Gasteiger partial charge in [0, 0.05) is 19.1 Å². The van der Waals surface area contributed by atoms with Crippen LogP contribution in [0, 0.1) is 11.7 Å². The number of halogens is 2. The average Bonchev–Trinajstić information content (AvgIpc) is 2.94. The van der Waals surface area contributed by atoms with Gasteiger partial charge in [0.15, 0.2) is 11.0 Å². The number of hydrogen-bond donors (Lipinski definition) is 1. The first-order valence-electron chi connectivity index (χ1n) is 5.85. The lowest BCUT2D eigenvalue weighted by atomic mass is 10.00. The largest absolute Gasteiger partial charge is 0.345 e. The van der Waals surface area contributed by atoms with Crippen LogP contribution in [0.4, 0.5) is 4.39 Å². The average molecular weight is 271 g/mol. The van der Waals surface area contributed by atoms with Gasteiger partial charge in [-0.2, -0.15) is 0 Å². The second kappa shape index (κ2) is 4.44. The van der Waals surface area contributed by atoms with Gasteiger partial charge in [-0.25, -0.2) is 14.4 Å². The highest BCUT2D eigenvalue weighted by atomic mass is 35.5. The van der Waals surface area contributed by atoms with E-state index in [1.165, 1.54) is 0 Å². The minimum Gasteiger partial charge on any atom is -0.345 e. The van der Waals surface area contributed by atoms with Crippen molar-refractivity contribution in [3.8, 4) is 0 Å². The number of amides is 1. The molecule has 2 aliphatic heterocycles. The lowest BCUT2D eigenvalue weighted by Gasteiger charge is -2.22. The van der Waals surface area contributed by atoms with Gasteiger partial charge in [-0.15, -0.1) is 0 Å². The van der Waals surface area contributed by atoms with Crippen molar-refractivity contribution in [2.45, 2.75) is 12.5 Å². The molecule has 0 aliphatic carbocycles. The summed E-state index contributed by atoms with van der Waals surface area (Å²) < 4.78 is 12.9. The summed E-state index contributed by atoms with van der Waals surface area (Å²) in [6.45, 7) is 3.01. The van der Waals surface area contributed by atoms with Crippen molar-refractivity contribution in [3.63, 3.8) is 0 Å². The van der Waals surface area contributed by atoms with Gasteiger partial charge in [-0.1, -0.05) is 11.6 Å². The molecule has 5 nitrogen and oxygen atoms in total. The van der Waals surface area contributed by atoms with Crippen molar-refractivity contribution < 1.29 is 9.18 Å². The lowest BCUT2D eigenvalue weighted by molar-refractivity contribution is 0.0913. The molecule has 2 fully saturated rings. The molecule has 2 saturated heterocycles. The Morgan fingerprint density at radius 2 is 2.39 bits per heavy atom. The maximum Gasteiger partial charge on any atom is 0.289 e. The molecule has 96 valence electrons. The molecule has 2 bridgehead atoms. The van der Waals surface area contributed by atoms with Gasteiger partial charge >= 0.3 is 0 Å². The van der Waals surface area contributed by atoms with E-state index in [4.69, 9.17) is 11.6 Å². The van der Waals surface area contributed by atoms with Gasteiger partial charge in [0.05, 0.1) is 6.20 Å². The molecular formula is C11H12ClFN4O. The molecule has 1 N–H and O–H groups in total. The number of piperidine rings is 1. The second-order valence-corrected chi connectivity index (χ2v) is 5.08. The fourth-order valence-electron chi connectivity index (χ4n) is 2.64. The van der Waals surface area contributed by atoms with Crippen LogP contribution < -0.4 is 5.32 Å². The molecule has 1 aromatic rings. The lowest BCUT2D eigenvalue weighted by Crippen LogP contribution is -2.43. The third-order valence-electron chi connectivity index (χ3n) is 3.55. The molecule has 18 heavy (non-hydrogen) atoms. The standard InChI is InChI=1S/C11H12ClFN4O/c12-9-7(13)3-14-10(16-9)11(18)15-8-5-17-2-1-6(8)4-17/h3,6,8H,1-2,4-5H2,(H,15,18)/t6-,8?/m0/s1. The molecular weight excluding hydrogens is 259 g/mol. The van der Waals surface area contributed by atoms with Crippen LogP contribution in [0.1, 0.15) is 17.0 Å². The van der Waals surface area contributed by atoms with E-state index in [1.807, 2.05) is 0 Å². The first-order valence-corrected chi connectivity index (χ1v) is 6.22. The Balaban J connectivity index is 1.69. The first kappa shape index (κ1) is 11.8. The highest BCUT2D eigenvalue weighted by molar-refractivity contribution is 6.29. The van der Waals surface area contributed by atoms with Gasteiger partial charge in [-0.3, -0.25) is 4.79 Å². The summed E-state index contributed by atoms with van der Waals surface area (Å²) in [4.78, 5) is 21.5. The zero-order chi connectivity index (χ0) is 12.7. The van der Waals surface area contributed by atoms with Crippen molar-refractivity contribution in [1.29, 1.82) is 0 Å². The summed E-state index contributed by atoms with van der Waals surface area (Å²) in [5, 5.41) is 2.56. The highest BCUT2D eigenvalue weighted by Crippen LogP contribution is 2.27. The first-order chi connectivity index (χ1) is 8.63. The zero-order valence-electron chi connectivity index (χ0n) is 9.57. The van der Waals surface area contributed by atoms with Crippen LogP contribution in [-0.2, 0) is 0 Å². The highest BCUT2D eigenvalue weighted by Gasteiger charge is 2.38. The summed E-state index contributed by atoms with van der Waals surface area (Å²) in [7, 11) is 0. The summed E-state index contributed by atoms with van der Waals surface area (Å²) in [6, 6.07) is 0.138. The third kappa shape index (κ3) is 2.06. The second-order valence-electron chi connectivity index (χ2n) is 4.72. The molecule has 3 rings (SSSR count). The van der Waals surface area contributed by atoms with E-state index < -0.39 is 11.7 Å². The van der Waals surface area contributed by atoms with Crippen LogP contribution in [0.25, 0.3) is 0 Å². The van der Waals surface area contributed by atoms with Crippen LogP contribution in [0.5, 0.6) is 0 Å². The summed E-state index contributed by atoms with van der Waals surface area (Å²) in [5.74, 6) is -0.695. The van der Waals surface area contributed by atoms with Crippen molar-refractivity contribution >= 4 is 17.5 Å². The van der Waals surface area contributed by atoms with Gasteiger partial charge < -0.3 is 10.2 Å². The Morgan fingerprint density at radius 3 is 3.00 bits per heavy atom. The van der Waals surface area contributed by atoms with E-state index in [1.54, 1.807) is 0 Å². The molecule has 1 amide bonds. The van der Waals surface area contributed by atoms with Crippen molar-refractivity contribution in [2.24, 2.45) is 5.92 Å². The zero-order valence-corrected chi connectivity index (χ0v) is 10.3. The van der Waals surface area contributed by atoms with Gasteiger partial charge in [-0.05, 0) is 18.9 Å². The number of nitrogens with one attached hydrogen (secondary N) is 1. The molecule has 0 saturated carbocycles. The van der Waals surface area contributed by atoms with Gasteiger partial charge in [0.2, 0.25) is 5.82 Å². The Morgan fingerprint density at radius 1 is 1.56 bits per heavy atom. The van der Waals surface area contributed by atoms with E-state index in [9.17, 15) is 9.18 Å². The van der Waals surface area contributed by atoms with Crippen LogP contribution in [0.3, 0.4) is 0 Å². The molecule has 3 heterocycles. The topological polar surface area (TPSA) is 58.1 Å². The molecule has 0 radical (unpaired) electrons. The van der Waals surface area contributed by atoms with E-state index in [0.717, 1.165) is 32.3 Å². The number of nitrogens with zero attached hydrogens (tertiary/aromatic N) is 3. The minimum absolute atomic E-state index is 0.0841. The van der Waals surface area contributed by atoms with E-state index in [0.29, 0.717) is 5.92 Å². The fraction of sp³-hybridized carbons (Fsp3) is 0.545. The number of carbonyl (C=O) groups excluding carboxylic acids is 1. The van der Waals surface area contributed by atoms with E-state index >= 15 is 0 Å². The number of fused-ring (bicyclic) bond motifs is 2. The maximum atomic E-state index is 12.9. The fourth-order valence-corrected chi connectivity index (χ4v) is 2.77. The smallest absolute Gasteiger partial charge is 0.289 e. The molecule has 2 aliphatic rings. The Kier molecular flexibility index (Phi) is 2.91. The van der Waals surface area contributed by atoms with E-state index in [2.05, 4.69) is 20.2 Å². The van der Waals surface area contributed by atoms with Crippen molar-refractivity contribution in [1.82, 2.24) is 20.2 Å². The molecule has 2 unspecified atom stereocenters. The number of aromatic nitrogens is 2. The summed E-state index contributed by atoms with van der Waals surface area (Å²) in [5.41, 5.74) is 0. The van der Waals surface area contributed by atoms with Crippen LogP contribution in [-0.4, -0.2) is 46.5 Å². The predicted molar refractivity (Wildman–Crippen MR) is 62.8 cm³/mol. The summed E-state index contributed by atoms with van der Waals surface area (Å²) >= 11 is 5.52. The molecule has 0 aromatic carbocycles. The maximum absolute atomic E-state index is 12.9. The SMILES string of the molecule is O=C(NC1CN2CC[C@H]1C2)c1ncc(F)c(Cl)n1. The van der Waals surface area contributed by atoms with Crippen molar-refractivity contribution in [2.75, 3.05) is 19.6 Å². The normalized spacial score (nSPS) is 29.6. The predicted octanol–water partition coefficient (Wildman–Crippen LogP) is 0.703. The molecule has 0 spiro atoms. The van der Waals surface area contributed by atoms with Crippen molar-refractivity contribution in [3.05, 3.63) is 23.0 Å². The van der Waals surface area contributed by atoms with E-state index in [-0.39, 0.29) is 17.0 Å². The third-order valence-corrected chi connectivity index (χ3v) is 3.82. The molecule has 7 heteroatoms. The molecule has 1 aromatic heterocycles. The van der Waals surface area contributed by atoms with Crippen LogP contribution >= 0.6 is 11.6 Å². The number of rotatable bonds is 2. The Labute approximate surface area is 108 Å². The van der Waals surface area contributed by atoms with Crippen LogP contribution in [0.2, 0.25) is 5.15 Å². The number of carbonyl (C=O) groups is 1. The van der Waals surface area contributed by atoms with Gasteiger partial charge in [0.1, 0.15) is 0 Å². The summed E-state index contributed by atoms with van der Waals surface area (Å²) in [6.07, 6.45) is 2.02. The van der Waals surface area contributed by atoms with Gasteiger partial charge in [0.25, 0.3) is 5.91 Å². The number of hydrogen-bond acceptors (Lipinski definition) is 4. The van der Waals surface area contributed by atoms with Crippen LogP contribution in [0.15, 0.2) is 6.20 Å². The Bertz CT molecular complexity index is 498. The monoisotopic (exact) mass is 270 g/mol. The minimum atomic E-state index is -0.723.